The maximum absolute atomic E-state index is 6.31. The van der Waals surface area contributed by atoms with Crippen molar-refractivity contribution in [2.24, 2.45) is 0 Å². The lowest BCUT2D eigenvalue weighted by molar-refractivity contribution is 0.228. The Morgan fingerprint density at radius 3 is 2.78 bits per heavy atom. The molecule has 0 aliphatic carbocycles. The zero-order chi connectivity index (χ0) is 18.0. The average molecular weight is 425 g/mol. The van der Waals surface area contributed by atoms with E-state index < -0.39 is 0 Å². The fourth-order valence-electron chi connectivity index (χ4n) is 3.46. The van der Waals surface area contributed by atoms with Crippen molar-refractivity contribution in [3.63, 3.8) is 0 Å². The molecule has 0 saturated heterocycles. The van der Waals surface area contributed by atoms with Crippen LogP contribution in [0.1, 0.15) is 18.6 Å². The van der Waals surface area contributed by atoms with E-state index in [-0.39, 0.29) is 6.10 Å². The number of thiophene rings is 2. The van der Waals surface area contributed by atoms with Crippen LogP contribution >= 0.6 is 45.3 Å². The van der Waals surface area contributed by atoms with Gasteiger partial charge in [0.2, 0.25) is 0 Å². The molecule has 0 radical (unpaired) electrons. The van der Waals surface area contributed by atoms with Crippen molar-refractivity contribution in [2.45, 2.75) is 13.0 Å². The number of thiazole rings is 2. The van der Waals surface area contributed by atoms with Crippen molar-refractivity contribution in [3.05, 3.63) is 52.2 Å². The van der Waals surface area contributed by atoms with Gasteiger partial charge in [0, 0.05) is 10.9 Å². The molecular weight excluding hydrogens is 413 g/mol. The fraction of sp³-hybridized carbons (Fsp3) is 0.100. The predicted molar refractivity (Wildman–Crippen MR) is 119 cm³/mol. The summed E-state index contributed by atoms with van der Waals surface area (Å²) in [4.78, 5) is 9.33. The fourth-order valence-corrected chi connectivity index (χ4v) is 7.04. The molecule has 0 amide bonds. The number of benzene rings is 2. The molecule has 0 saturated carbocycles. The molecule has 1 atom stereocenters. The maximum Gasteiger partial charge on any atom is 0.274 e. The minimum Gasteiger partial charge on any atom is -0.462 e. The Kier molecular flexibility index (Phi) is 3.53. The summed E-state index contributed by atoms with van der Waals surface area (Å²) < 4.78 is 11.2. The van der Waals surface area contributed by atoms with Gasteiger partial charge >= 0.3 is 0 Å². The van der Waals surface area contributed by atoms with Crippen LogP contribution in [0.3, 0.4) is 0 Å². The first-order valence-corrected chi connectivity index (χ1v) is 11.9. The Bertz CT molecular complexity index is 1440. The topological polar surface area (TPSA) is 35.0 Å². The van der Waals surface area contributed by atoms with Crippen LogP contribution in [-0.2, 0) is 0 Å². The van der Waals surface area contributed by atoms with Gasteiger partial charge in [-0.3, -0.25) is 0 Å². The Morgan fingerprint density at radius 2 is 1.81 bits per heavy atom. The summed E-state index contributed by atoms with van der Waals surface area (Å²) in [6, 6.07) is 10.8. The Labute approximate surface area is 170 Å². The Morgan fingerprint density at radius 1 is 0.926 bits per heavy atom. The molecule has 0 fully saturated rings. The molecule has 6 rings (SSSR count). The van der Waals surface area contributed by atoms with Crippen LogP contribution in [0.4, 0.5) is 0 Å². The van der Waals surface area contributed by atoms with Gasteiger partial charge in [-0.2, -0.15) is 0 Å². The monoisotopic (exact) mass is 424 g/mol. The molecule has 2 aromatic carbocycles. The summed E-state index contributed by atoms with van der Waals surface area (Å²) in [5.74, 6) is 0. The summed E-state index contributed by atoms with van der Waals surface area (Å²) >= 11 is 6.77. The third-order valence-electron chi connectivity index (χ3n) is 4.75. The van der Waals surface area contributed by atoms with Crippen molar-refractivity contribution in [1.82, 2.24) is 9.97 Å². The highest BCUT2D eigenvalue weighted by Gasteiger charge is 2.18. The second kappa shape index (κ2) is 5.97. The van der Waals surface area contributed by atoms with Gasteiger partial charge in [0.15, 0.2) is 0 Å². The third kappa shape index (κ3) is 2.42. The number of ether oxygens (including phenoxy) is 1. The first kappa shape index (κ1) is 15.9. The van der Waals surface area contributed by atoms with Crippen LogP contribution in [0.2, 0.25) is 0 Å². The summed E-state index contributed by atoms with van der Waals surface area (Å²) in [6.07, 6.45) is -0.0759. The van der Waals surface area contributed by atoms with E-state index in [1.165, 1.54) is 35.1 Å². The number of fused-ring (bicyclic) bond motifs is 6. The number of rotatable bonds is 3. The molecule has 132 valence electrons. The largest absolute Gasteiger partial charge is 0.462 e. The summed E-state index contributed by atoms with van der Waals surface area (Å²) in [7, 11) is 0. The molecule has 3 nitrogen and oxygen atoms in total. The first-order valence-electron chi connectivity index (χ1n) is 8.44. The van der Waals surface area contributed by atoms with E-state index in [1.54, 1.807) is 45.3 Å². The highest BCUT2D eigenvalue weighted by atomic mass is 32.1. The van der Waals surface area contributed by atoms with Crippen LogP contribution in [0.15, 0.2) is 46.6 Å². The van der Waals surface area contributed by atoms with Crippen molar-refractivity contribution in [2.75, 3.05) is 0 Å². The van der Waals surface area contributed by atoms with Gasteiger partial charge in [0.1, 0.15) is 11.6 Å². The minimum atomic E-state index is -0.0759. The highest BCUT2D eigenvalue weighted by molar-refractivity contribution is 7.22. The van der Waals surface area contributed by atoms with E-state index in [1.807, 2.05) is 5.51 Å². The number of hydrogen-bond donors (Lipinski definition) is 0. The lowest BCUT2D eigenvalue weighted by atomic mass is 10.1. The zero-order valence-electron chi connectivity index (χ0n) is 14.1. The molecule has 0 bridgehead atoms. The van der Waals surface area contributed by atoms with Crippen molar-refractivity contribution in [1.29, 1.82) is 0 Å². The van der Waals surface area contributed by atoms with Crippen molar-refractivity contribution in [3.8, 4) is 5.19 Å². The molecular formula is C20H12N2OS4. The quantitative estimate of drug-likeness (QED) is 0.295. The lowest BCUT2D eigenvalue weighted by Gasteiger charge is -2.14. The summed E-state index contributed by atoms with van der Waals surface area (Å²) in [5, 5.41) is 7.45. The van der Waals surface area contributed by atoms with E-state index in [2.05, 4.69) is 53.0 Å². The third-order valence-corrected chi connectivity index (χ3v) is 8.29. The minimum absolute atomic E-state index is 0.0759. The molecule has 0 spiro atoms. The SMILES string of the molecule is CC(Oc1nc2c(ccc3ccsc32)s1)c1cc2scnc2c2sccc12. The van der Waals surface area contributed by atoms with E-state index in [0.717, 1.165) is 16.2 Å². The van der Waals surface area contributed by atoms with Crippen LogP contribution in [0.25, 0.3) is 40.6 Å². The first-order chi connectivity index (χ1) is 13.3. The summed E-state index contributed by atoms with van der Waals surface area (Å²) in [5.41, 5.74) is 5.26. The molecule has 0 aliphatic heterocycles. The normalized spacial score (nSPS) is 13.2. The zero-order valence-corrected chi connectivity index (χ0v) is 17.4. The molecule has 0 aliphatic rings. The van der Waals surface area contributed by atoms with Crippen molar-refractivity contribution < 1.29 is 4.74 Å². The Hall–Kier alpha value is -2.06. The van der Waals surface area contributed by atoms with Crippen LogP contribution < -0.4 is 4.74 Å². The van der Waals surface area contributed by atoms with Crippen LogP contribution in [0.5, 0.6) is 5.19 Å². The number of nitrogens with zero attached hydrogens (tertiary/aromatic N) is 2. The second-order valence-electron chi connectivity index (χ2n) is 6.32. The smallest absolute Gasteiger partial charge is 0.274 e. The average Bonchev–Trinajstić information content (AvgIpc) is 3.43. The standard InChI is InChI=1S/C20H12N2OS4/c1-10(13-8-15-16(21-9-26-15)19-12(13)5-7-25-19)23-20-22-17-14(27-20)3-2-11-4-6-24-18(11)17/h2-10H,1H3. The van der Waals surface area contributed by atoms with Gasteiger partial charge in [-0.05, 0) is 47.3 Å². The van der Waals surface area contributed by atoms with Gasteiger partial charge in [0.25, 0.3) is 5.19 Å². The molecule has 6 aromatic rings. The predicted octanol–water partition coefficient (Wildman–Crippen LogP) is 7.48. The van der Waals surface area contributed by atoms with Crippen molar-refractivity contribution >= 4 is 86.0 Å². The van der Waals surface area contributed by atoms with Crippen LogP contribution in [0, 0.1) is 0 Å². The van der Waals surface area contributed by atoms with E-state index >= 15 is 0 Å². The molecule has 4 aromatic heterocycles. The van der Waals surface area contributed by atoms with Gasteiger partial charge < -0.3 is 4.74 Å². The van der Waals surface area contributed by atoms with Gasteiger partial charge in [0.05, 0.1) is 29.8 Å². The molecule has 1 unspecified atom stereocenters. The van der Waals surface area contributed by atoms with Crippen LogP contribution in [-0.4, -0.2) is 9.97 Å². The summed E-state index contributed by atoms with van der Waals surface area (Å²) in [6.45, 7) is 2.10. The molecule has 7 heteroatoms. The lowest BCUT2D eigenvalue weighted by Crippen LogP contribution is -2.03. The number of hydrogen-bond acceptors (Lipinski definition) is 7. The van der Waals surface area contributed by atoms with E-state index in [4.69, 9.17) is 9.72 Å². The van der Waals surface area contributed by atoms with Gasteiger partial charge in [-0.1, -0.05) is 17.4 Å². The molecule has 0 N–H and O–H groups in total. The van der Waals surface area contributed by atoms with Gasteiger partial charge in [-0.15, -0.1) is 34.0 Å². The maximum atomic E-state index is 6.31. The second-order valence-corrected chi connectivity index (χ2v) is 10.0. The number of aromatic nitrogens is 2. The molecule has 27 heavy (non-hydrogen) atoms. The van der Waals surface area contributed by atoms with E-state index in [9.17, 15) is 0 Å². The van der Waals surface area contributed by atoms with E-state index in [0.29, 0.717) is 0 Å². The Balaban J connectivity index is 1.45. The van der Waals surface area contributed by atoms with Gasteiger partial charge in [-0.25, -0.2) is 9.97 Å². The highest BCUT2D eigenvalue weighted by Crippen LogP contribution is 2.40. The molecule has 4 heterocycles.